The molecule has 1 fully saturated rings. The van der Waals surface area contributed by atoms with Crippen LogP contribution >= 0.6 is 0 Å². The Labute approximate surface area is 187 Å². The van der Waals surface area contributed by atoms with E-state index in [1.165, 1.54) is 12.3 Å². The molecule has 0 radical (unpaired) electrons. The van der Waals surface area contributed by atoms with Crippen molar-refractivity contribution in [2.24, 2.45) is 7.05 Å². The van der Waals surface area contributed by atoms with Crippen molar-refractivity contribution in [1.82, 2.24) is 24.6 Å². The van der Waals surface area contributed by atoms with E-state index >= 15 is 0 Å². The fraction of sp³-hybridized carbons (Fsp3) is 0.435. The number of rotatable bonds is 6. The van der Waals surface area contributed by atoms with Gasteiger partial charge in [-0.2, -0.15) is 5.10 Å². The number of aromatic nitrogens is 3. The Morgan fingerprint density at radius 2 is 1.91 bits per heavy atom. The molecule has 2 aromatic heterocycles. The highest BCUT2D eigenvalue weighted by atomic mass is 19.1. The van der Waals surface area contributed by atoms with Crippen molar-refractivity contribution in [3.05, 3.63) is 64.9 Å². The molecule has 1 aromatic carbocycles. The van der Waals surface area contributed by atoms with Gasteiger partial charge in [-0.25, -0.2) is 9.37 Å². The van der Waals surface area contributed by atoms with E-state index in [4.69, 9.17) is 4.42 Å². The topological polar surface area (TPSA) is 70.6 Å². The van der Waals surface area contributed by atoms with Gasteiger partial charge in [0, 0.05) is 58.1 Å². The van der Waals surface area contributed by atoms with E-state index in [9.17, 15) is 9.18 Å². The Morgan fingerprint density at radius 3 is 2.56 bits per heavy atom. The van der Waals surface area contributed by atoms with E-state index in [1.54, 1.807) is 18.0 Å². The molecule has 3 aromatic rings. The summed E-state index contributed by atoms with van der Waals surface area (Å²) in [5, 5.41) is 4.41. The summed E-state index contributed by atoms with van der Waals surface area (Å²) in [6, 6.07) is 6.85. The minimum atomic E-state index is -0.197. The van der Waals surface area contributed by atoms with Crippen molar-refractivity contribution in [2.45, 2.75) is 26.9 Å². The third-order valence-corrected chi connectivity index (χ3v) is 6.10. The van der Waals surface area contributed by atoms with E-state index in [2.05, 4.69) is 15.0 Å². The zero-order valence-corrected chi connectivity index (χ0v) is 19.0. The van der Waals surface area contributed by atoms with Gasteiger partial charge in [0.15, 0.2) is 5.69 Å². The van der Waals surface area contributed by atoms with Crippen molar-refractivity contribution in [3.8, 4) is 0 Å². The second-order valence-corrected chi connectivity index (χ2v) is 8.28. The molecule has 0 saturated carbocycles. The number of amides is 1. The van der Waals surface area contributed by atoms with Gasteiger partial charge in [-0.1, -0.05) is 12.1 Å². The number of hydrogen-bond acceptors (Lipinski definition) is 6. The Kier molecular flexibility index (Phi) is 6.27. The van der Waals surface area contributed by atoms with Crippen molar-refractivity contribution in [1.29, 1.82) is 0 Å². The first-order valence-corrected chi connectivity index (χ1v) is 10.7. The average Bonchev–Trinajstić information content (AvgIpc) is 3.34. The molecular weight excluding hydrogens is 411 g/mol. The molecule has 0 N–H and O–H groups in total. The summed E-state index contributed by atoms with van der Waals surface area (Å²) in [7, 11) is 3.65. The van der Waals surface area contributed by atoms with Crippen LogP contribution < -0.4 is 4.90 Å². The molecule has 0 aliphatic carbocycles. The van der Waals surface area contributed by atoms with Crippen molar-refractivity contribution < 1.29 is 13.6 Å². The first-order chi connectivity index (χ1) is 15.3. The highest BCUT2D eigenvalue weighted by molar-refractivity contribution is 5.91. The molecule has 0 bridgehead atoms. The van der Waals surface area contributed by atoms with Crippen LogP contribution in [0.15, 0.2) is 34.9 Å². The molecule has 0 spiro atoms. The highest BCUT2D eigenvalue weighted by Gasteiger charge is 2.23. The number of aryl methyl sites for hydroxylation is 2. The molecule has 1 amide bonds. The standard InChI is InChI=1S/C23H29FN6O2/c1-16-18(17(2)28(4)26-16)13-27(3)23(31)20-15-32-22(25-20)14-29-9-11-30(12-10-29)21-8-6-5-7-19(21)24/h5-8,15H,9-14H2,1-4H3. The SMILES string of the molecule is Cc1nn(C)c(C)c1CN(C)C(=O)c1coc(CN2CCN(c3ccccc3F)CC2)n1. The third-order valence-electron chi connectivity index (χ3n) is 6.10. The Balaban J connectivity index is 1.33. The second kappa shape index (κ2) is 9.12. The van der Waals surface area contributed by atoms with Gasteiger partial charge in [0.2, 0.25) is 5.89 Å². The Hall–Kier alpha value is -3.20. The monoisotopic (exact) mass is 440 g/mol. The quantitative estimate of drug-likeness (QED) is 0.587. The number of halogens is 1. The maximum absolute atomic E-state index is 14.0. The van der Waals surface area contributed by atoms with Crippen molar-refractivity contribution in [2.75, 3.05) is 38.1 Å². The summed E-state index contributed by atoms with van der Waals surface area (Å²) in [6.07, 6.45) is 1.42. The molecule has 1 aliphatic rings. The number of benzene rings is 1. The van der Waals surface area contributed by atoms with Gasteiger partial charge >= 0.3 is 0 Å². The van der Waals surface area contributed by atoms with Crippen LogP contribution in [0, 0.1) is 19.7 Å². The predicted octanol–water partition coefficient (Wildman–Crippen LogP) is 2.76. The van der Waals surface area contributed by atoms with Crippen molar-refractivity contribution in [3.63, 3.8) is 0 Å². The summed E-state index contributed by atoms with van der Waals surface area (Å²) in [5.74, 6) is 0.124. The van der Waals surface area contributed by atoms with E-state index < -0.39 is 0 Å². The number of oxazole rings is 1. The van der Waals surface area contributed by atoms with Crippen LogP contribution in [0.5, 0.6) is 0 Å². The third kappa shape index (κ3) is 4.52. The first-order valence-electron chi connectivity index (χ1n) is 10.7. The fourth-order valence-electron chi connectivity index (χ4n) is 4.08. The molecular formula is C23H29FN6O2. The van der Waals surface area contributed by atoms with Gasteiger partial charge in [0.05, 0.1) is 17.9 Å². The lowest BCUT2D eigenvalue weighted by Gasteiger charge is -2.35. The zero-order valence-electron chi connectivity index (χ0n) is 19.0. The minimum Gasteiger partial charge on any atom is -0.447 e. The molecule has 4 rings (SSSR count). The molecule has 9 heteroatoms. The number of nitrogens with zero attached hydrogens (tertiary/aromatic N) is 6. The molecule has 1 saturated heterocycles. The minimum absolute atomic E-state index is 0.188. The van der Waals surface area contributed by atoms with Crippen LogP contribution in [-0.2, 0) is 20.1 Å². The number of hydrogen-bond donors (Lipinski definition) is 0. The lowest BCUT2D eigenvalue weighted by atomic mass is 10.2. The number of carbonyl (C=O) groups excluding carboxylic acids is 1. The number of carbonyl (C=O) groups is 1. The lowest BCUT2D eigenvalue weighted by molar-refractivity contribution is 0.0778. The van der Waals surface area contributed by atoms with Gasteiger partial charge in [-0.3, -0.25) is 14.4 Å². The molecule has 3 heterocycles. The average molecular weight is 441 g/mol. The van der Waals surface area contributed by atoms with Crippen LogP contribution in [0.1, 0.15) is 33.3 Å². The fourth-order valence-corrected chi connectivity index (χ4v) is 4.08. The van der Waals surface area contributed by atoms with E-state index in [1.807, 2.05) is 42.6 Å². The maximum atomic E-state index is 14.0. The lowest BCUT2D eigenvalue weighted by Crippen LogP contribution is -2.46. The normalized spacial score (nSPS) is 14.7. The van der Waals surface area contributed by atoms with Crippen LogP contribution in [-0.4, -0.2) is 63.7 Å². The number of anilines is 1. The maximum Gasteiger partial charge on any atom is 0.275 e. The summed E-state index contributed by atoms with van der Waals surface area (Å²) in [6.45, 7) is 7.89. The predicted molar refractivity (Wildman–Crippen MR) is 119 cm³/mol. The van der Waals surface area contributed by atoms with Gasteiger partial charge in [-0.15, -0.1) is 0 Å². The first kappa shape index (κ1) is 22.0. The number of para-hydroxylation sites is 1. The summed E-state index contributed by atoms with van der Waals surface area (Å²) in [5.41, 5.74) is 3.93. The molecule has 1 aliphatic heterocycles. The molecule has 8 nitrogen and oxygen atoms in total. The molecule has 170 valence electrons. The molecule has 32 heavy (non-hydrogen) atoms. The smallest absolute Gasteiger partial charge is 0.275 e. The molecule has 0 unspecified atom stereocenters. The molecule has 0 atom stereocenters. The number of piperazine rings is 1. The Bertz CT molecular complexity index is 1100. The Morgan fingerprint density at radius 1 is 1.19 bits per heavy atom. The van der Waals surface area contributed by atoms with E-state index in [-0.39, 0.29) is 11.7 Å². The van der Waals surface area contributed by atoms with Gasteiger partial charge < -0.3 is 14.2 Å². The van der Waals surface area contributed by atoms with Crippen LogP contribution in [0.4, 0.5) is 10.1 Å². The van der Waals surface area contributed by atoms with Crippen molar-refractivity contribution >= 4 is 11.6 Å². The van der Waals surface area contributed by atoms with Gasteiger partial charge in [0.1, 0.15) is 12.1 Å². The highest BCUT2D eigenvalue weighted by Crippen LogP contribution is 2.21. The summed E-state index contributed by atoms with van der Waals surface area (Å²) < 4.78 is 21.4. The second-order valence-electron chi connectivity index (χ2n) is 8.28. The van der Waals surface area contributed by atoms with Crippen LogP contribution in [0.3, 0.4) is 0 Å². The summed E-state index contributed by atoms with van der Waals surface area (Å²) >= 11 is 0. The van der Waals surface area contributed by atoms with Gasteiger partial charge in [0.25, 0.3) is 5.91 Å². The zero-order chi connectivity index (χ0) is 22.8. The largest absolute Gasteiger partial charge is 0.447 e. The van der Waals surface area contributed by atoms with Crippen LogP contribution in [0.25, 0.3) is 0 Å². The summed E-state index contributed by atoms with van der Waals surface area (Å²) in [4.78, 5) is 23.1. The van der Waals surface area contributed by atoms with E-state index in [0.29, 0.717) is 30.4 Å². The van der Waals surface area contributed by atoms with Gasteiger partial charge in [-0.05, 0) is 26.0 Å². The van der Waals surface area contributed by atoms with E-state index in [0.717, 1.165) is 43.1 Å². The van der Waals surface area contributed by atoms with Crippen LogP contribution in [0.2, 0.25) is 0 Å².